The highest BCUT2D eigenvalue weighted by atomic mass is 35.5. The molecular formula is C18H14Cl2N2O2. The number of rotatable bonds is 2. The number of anilines is 1. The lowest BCUT2D eigenvalue weighted by Crippen LogP contribution is -2.05. The van der Waals surface area contributed by atoms with Crippen LogP contribution in [0.2, 0.25) is 10.0 Å². The Hall–Kier alpha value is -2.04. The Kier molecular flexibility index (Phi) is 3.74. The van der Waals surface area contributed by atoms with Gasteiger partial charge < -0.3 is 10.2 Å². The summed E-state index contributed by atoms with van der Waals surface area (Å²) in [6.07, 6.45) is 4.17. The molecule has 3 aromatic rings. The summed E-state index contributed by atoms with van der Waals surface area (Å²) in [5.41, 5.74) is 9.40. The zero-order valence-corrected chi connectivity index (χ0v) is 14.2. The zero-order valence-electron chi connectivity index (χ0n) is 12.7. The van der Waals surface area contributed by atoms with E-state index in [1.807, 2.05) is 6.07 Å². The van der Waals surface area contributed by atoms with Crippen LogP contribution in [0.1, 0.15) is 40.2 Å². The van der Waals surface area contributed by atoms with Crippen LogP contribution in [0.4, 0.5) is 5.69 Å². The van der Waals surface area contributed by atoms with Crippen molar-refractivity contribution in [3.05, 3.63) is 56.9 Å². The molecule has 6 heteroatoms. The fourth-order valence-electron chi connectivity index (χ4n) is 3.12. The number of aromatic nitrogens is 1. The molecule has 1 aromatic carbocycles. The second-order valence-electron chi connectivity index (χ2n) is 5.95. The van der Waals surface area contributed by atoms with Gasteiger partial charge in [-0.1, -0.05) is 23.2 Å². The van der Waals surface area contributed by atoms with Crippen molar-refractivity contribution in [2.45, 2.75) is 25.7 Å². The maximum absolute atomic E-state index is 12.8. The Labute approximate surface area is 148 Å². The van der Waals surface area contributed by atoms with Crippen LogP contribution < -0.4 is 5.73 Å². The predicted octanol–water partition coefficient (Wildman–Crippen LogP) is 4.83. The molecule has 2 N–H and O–H groups in total. The molecule has 1 aliphatic carbocycles. The maximum Gasteiger partial charge on any atom is 0.231 e. The molecular weight excluding hydrogens is 347 g/mol. The van der Waals surface area contributed by atoms with Gasteiger partial charge in [-0.25, -0.2) is 4.98 Å². The zero-order chi connectivity index (χ0) is 16.8. The number of nitrogens with zero attached hydrogens (tertiary/aromatic N) is 1. The molecule has 0 saturated heterocycles. The van der Waals surface area contributed by atoms with Crippen molar-refractivity contribution in [2.75, 3.05) is 5.73 Å². The average Bonchev–Trinajstić information content (AvgIpc) is 2.88. The molecule has 0 saturated carbocycles. The summed E-state index contributed by atoms with van der Waals surface area (Å²) < 4.78 is 5.69. The number of benzene rings is 1. The van der Waals surface area contributed by atoms with Crippen LogP contribution in [-0.2, 0) is 12.8 Å². The first-order valence-electron chi connectivity index (χ1n) is 7.75. The van der Waals surface area contributed by atoms with E-state index in [0.717, 1.165) is 31.4 Å². The number of halogens is 2. The lowest BCUT2D eigenvalue weighted by molar-refractivity contribution is 0.101. The lowest BCUT2D eigenvalue weighted by atomic mass is 9.95. The molecule has 0 fully saturated rings. The third-order valence-corrected chi connectivity index (χ3v) is 4.93. The van der Waals surface area contributed by atoms with Crippen LogP contribution in [0.5, 0.6) is 0 Å². The van der Waals surface area contributed by atoms with E-state index in [1.165, 1.54) is 11.6 Å². The molecule has 0 radical (unpaired) electrons. The van der Waals surface area contributed by atoms with Gasteiger partial charge in [0.05, 0.1) is 16.1 Å². The number of hydrogen-bond donors (Lipinski definition) is 1. The molecule has 0 aliphatic heterocycles. The number of ketones is 1. The third kappa shape index (κ3) is 2.46. The van der Waals surface area contributed by atoms with E-state index < -0.39 is 0 Å². The summed E-state index contributed by atoms with van der Waals surface area (Å²) in [5, 5.41) is 1.41. The number of hydrogen-bond acceptors (Lipinski definition) is 4. The van der Waals surface area contributed by atoms with E-state index in [0.29, 0.717) is 27.4 Å². The quantitative estimate of drug-likeness (QED) is 0.664. The minimum absolute atomic E-state index is 0.0732. The number of aryl methyl sites for hydroxylation is 2. The van der Waals surface area contributed by atoms with Crippen molar-refractivity contribution < 1.29 is 9.21 Å². The normalized spacial score (nSPS) is 13.9. The molecule has 2 heterocycles. The van der Waals surface area contributed by atoms with E-state index in [9.17, 15) is 4.79 Å². The Morgan fingerprint density at radius 1 is 1.17 bits per heavy atom. The van der Waals surface area contributed by atoms with Gasteiger partial charge in [0.15, 0.2) is 0 Å². The number of nitrogens with two attached hydrogens (primary N) is 1. The van der Waals surface area contributed by atoms with Crippen LogP contribution in [0, 0.1) is 0 Å². The minimum atomic E-state index is -0.370. The van der Waals surface area contributed by atoms with Crippen molar-refractivity contribution in [3.8, 4) is 0 Å². The van der Waals surface area contributed by atoms with Gasteiger partial charge in [0.25, 0.3) is 0 Å². The Balaban J connectivity index is 1.84. The average molecular weight is 361 g/mol. The number of carbonyl (C=O) groups is 1. The van der Waals surface area contributed by atoms with Crippen LogP contribution in [0.25, 0.3) is 11.1 Å². The molecule has 122 valence electrons. The monoisotopic (exact) mass is 360 g/mol. The molecule has 4 rings (SSSR count). The predicted molar refractivity (Wildman–Crippen MR) is 95.0 cm³/mol. The molecule has 1 aliphatic rings. The highest BCUT2D eigenvalue weighted by Gasteiger charge is 2.24. The van der Waals surface area contributed by atoms with Crippen molar-refractivity contribution >= 4 is 45.8 Å². The van der Waals surface area contributed by atoms with Crippen molar-refractivity contribution in [3.63, 3.8) is 0 Å². The lowest BCUT2D eigenvalue weighted by Gasteiger charge is -2.13. The van der Waals surface area contributed by atoms with Crippen molar-refractivity contribution in [1.29, 1.82) is 0 Å². The third-order valence-electron chi connectivity index (χ3n) is 4.38. The van der Waals surface area contributed by atoms with Crippen LogP contribution in [0.3, 0.4) is 0 Å². The Morgan fingerprint density at radius 2 is 1.96 bits per heavy atom. The van der Waals surface area contributed by atoms with E-state index in [1.54, 1.807) is 12.1 Å². The van der Waals surface area contributed by atoms with Crippen LogP contribution >= 0.6 is 23.2 Å². The van der Waals surface area contributed by atoms with E-state index in [4.69, 9.17) is 33.4 Å². The highest BCUT2D eigenvalue weighted by molar-refractivity contribution is 6.37. The molecule has 0 amide bonds. The molecule has 0 atom stereocenters. The molecule has 0 spiro atoms. The van der Waals surface area contributed by atoms with Gasteiger partial charge >= 0.3 is 0 Å². The van der Waals surface area contributed by atoms with Gasteiger partial charge in [-0.15, -0.1) is 0 Å². The van der Waals surface area contributed by atoms with E-state index in [-0.39, 0.29) is 16.6 Å². The summed E-state index contributed by atoms with van der Waals surface area (Å²) >= 11 is 12.0. The first-order chi connectivity index (χ1) is 11.5. The van der Waals surface area contributed by atoms with Gasteiger partial charge in [0, 0.05) is 16.3 Å². The van der Waals surface area contributed by atoms with Crippen molar-refractivity contribution in [2.24, 2.45) is 0 Å². The number of pyridine rings is 1. The Bertz CT molecular complexity index is 979. The summed E-state index contributed by atoms with van der Waals surface area (Å²) in [6, 6.07) is 6.69. The first-order valence-corrected chi connectivity index (χ1v) is 8.50. The summed E-state index contributed by atoms with van der Waals surface area (Å²) in [7, 11) is 0. The summed E-state index contributed by atoms with van der Waals surface area (Å²) in [4.78, 5) is 17.3. The first kappa shape index (κ1) is 15.5. The number of fused-ring (bicyclic) bond motifs is 2. The van der Waals surface area contributed by atoms with E-state index in [2.05, 4.69) is 4.98 Å². The fraction of sp³-hybridized carbons (Fsp3) is 0.222. The SMILES string of the molecule is Nc1c(C(=O)c2ccc(Cl)cc2Cl)oc2nc3c(cc12)CCCC3. The topological polar surface area (TPSA) is 69.1 Å². The summed E-state index contributed by atoms with van der Waals surface area (Å²) in [5.74, 6) is -0.297. The molecule has 4 nitrogen and oxygen atoms in total. The molecule has 0 unspecified atom stereocenters. The second kappa shape index (κ2) is 5.80. The standard InChI is InChI=1S/C18H14Cl2N2O2/c19-10-5-6-11(13(20)8-10)16(23)17-15(21)12-7-9-3-1-2-4-14(9)22-18(12)24-17/h5-8H,1-4,21H2. The minimum Gasteiger partial charge on any atom is -0.432 e. The number of nitrogen functional groups attached to an aromatic ring is 1. The fourth-order valence-corrected chi connectivity index (χ4v) is 3.62. The number of furan rings is 1. The van der Waals surface area contributed by atoms with Gasteiger partial charge in [0.2, 0.25) is 17.3 Å². The number of carbonyl (C=O) groups excluding carboxylic acids is 1. The largest absolute Gasteiger partial charge is 0.432 e. The van der Waals surface area contributed by atoms with Gasteiger partial charge in [0.1, 0.15) is 0 Å². The second-order valence-corrected chi connectivity index (χ2v) is 6.80. The Morgan fingerprint density at radius 3 is 2.75 bits per heavy atom. The molecule has 0 bridgehead atoms. The van der Waals surface area contributed by atoms with E-state index >= 15 is 0 Å². The smallest absolute Gasteiger partial charge is 0.231 e. The summed E-state index contributed by atoms with van der Waals surface area (Å²) in [6.45, 7) is 0. The van der Waals surface area contributed by atoms with Gasteiger partial charge in [-0.2, -0.15) is 0 Å². The van der Waals surface area contributed by atoms with Crippen molar-refractivity contribution in [1.82, 2.24) is 4.98 Å². The molecule has 2 aromatic heterocycles. The van der Waals surface area contributed by atoms with Gasteiger partial charge in [-0.05, 0) is 55.5 Å². The van der Waals surface area contributed by atoms with Crippen LogP contribution in [0.15, 0.2) is 28.7 Å². The maximum atomic E-state index is 12.8. The van der Waals surface area contributed by atoms with Gasteiger partial charge in [-0.3, -0.25) is 4.79 Å². The van der Waals surface area contributed by atoms with Crippen LogP contribution in [-0.4, -0.2) is 10.8 Å². The molecule has 24 heavy (non-hydrogen) atoms. The highest BCUT2D eigenvalue weighted by Crippen LogP contribution is 2.34.